The fraction of sp³-hybridized carbons (Fsp3) is 0.188. The normalized spacial score (nSPS) is 13.5. The van der Waals surface area contributed by atoms with E-state index in [4.69, 9.17) is 5.73 Å². The summed E-state index contributed by atoms with van der Waals surface area (Å²) < 4.78 is 13.8. The third kappa shape index (κ3) is 3.82. The van der Waals surface area contributed by atoms with Crippen molar-refractivity contribution in [3.8, 4) is 0 Å². The van der Waals surface area contributed by atoms with Crippen LogP contribution in [0, 0.1) is 5.82 Å². The summed E-state index contributed by atoms with van der Waals surface area (Å²) in [5, 5.41) is 3.17. The van der Waals surface area contributed by atoms with E-state index in [0.717, 1.165) is 15.7 Å². The largest absolute Gasteiger partial charge is 0.370 e. The monoisotopic (exact) mass is 350 g/mol. The molecule has 21 heavy (non-hydrogen) atoms. The molecule has 0 fully saturated rings. The van der Waals surface area contributed by atoms with Gasteiger partial charge in [-0.25, -0.2) is 4.39 Å². The first-order valence-corrected chi connectivity index (χ1v) is 7.27. The average molecular weight is 351 g/mol. The molecule has 2 aromatic rings. The first-order chi connectivity index (χ1) is 9.90. The van der Waals surface area contributed by atoms with E-state index in [1.807, 2.05) is 24.3 Å². The second kappa shape index (κ2) is 6.26. The Hall–Kier alpha value is -1.88. The van der Waals surface area contributed by atoms with Crippen molar-refractivity contribution in [2.45, 2.75) is 18.9 Å². The Bertz CT molecular complexity index is 645. The quantitative estimate of drug-likeness (QED) is 0.867. The maximum absolute atomic E-state index is 13.0. The van der Waals surface area contributed by atoms with Crippen LogP contribution in [0.15, 0.2) is 53.0 Å². The SMILES string of the molecule is CC(Cc1ccc(F)cc1)(Nc1ccccc1Br)C(N)=O. The molecule has 0 aliphatic carbocycles. The van der Waals surface area contributed by atoms with Crippen LogP contribution in [0.5, 0.6) is 0 Å². The van der Waals surface area contributed by atoms with Crippen LogP contribution in [0.1, 0.15) is 12.5 Å². The fourth-order valence-electron chi connectivity index (χ4n) is 2.06. The van der Waals surface area contributed by atoms with Crippen molar-refractivity contribution >= 4 is 27.5 Å². The number of anilines is 1. The number of nitrogens with one attached hydrogen (secondary N) is 1. The molecular formula is C16H16BrFN2O. The van der Waals surface area contributed by atoms with Gasteiger partial charge in [0.2, 0.25) is 5.91 Å². The highest BCUT2D eigenvalue weighted by Crippen LogP contribution is 2.26. The van der Waals surface area contributed by atoms with Gasteiger partial charge in [0.1, 0.15) is 11.4 Å². The van der Waals surface area contributed by atoms with Gasteiger partial charge in [0.05, 0.1) is 0 Å². The number of rotatable bonds is 5. The zero-order valence-corrected chi connectivity index (χ0v) is 13.2. The number of carbonyl (C=O) groups is 1. The van der Waals surface area contributed by atoms with Gasteiger partial charge in [-0.1, -0.05) is 24.3 Å². The van der Waals surface area contributed by atoms with Crippen molar-refractivity contribution in [3.05, 3.63) is 64.4 Å². The number of amides is 1. The number of hydrogen-bond donors (Lipinski definition) is 2. The zero-order valence-electron chi connectivity index (χ0n) is 11.6. The number of primary amides is 1. The molecule has 0 aliphatic heterocycles. The molecule has 0 bridgehead atoms. The predicted molar refractivity (Wildman–Crippen MR) is 85.5 cm³/mol. The Kier molecular flexibility index (Phi) is 4.63. The number of nitrogens with two attached hydrogens (primary N) is 1. The summed E-state index contributed by atoms with van der Waals surface area (Å²) in [6, 6.07) is 13.5. The van der Waals surface area contributed by atoms with Crippen molar-refractivity contribution in [1.82, 2.24) is 0 Å². The van der Waals surface area contributed by atoms with Gasteiger partial charge in [-0.3, -0.25) is 4.79 Å². The van der Waals surface area contributed by atoms with Crippen molar-refractivity contribution in [1.29, 1.82) is 0 Å². The molecule has 0 heterocycles. The number of carbonyl (C=O) groups excluding carboxylic acids is 1. The van der Waals surface area contributed by atoms with Crippen LogP contribution < -0.4 is 11.1 Å². The number of hydrogen-bond acceptors (Lipinski definition) is 2. The Morgan fingerprint density at radius 3 is 2.43 bits per heavy atom. The van der Waals surface area contributed by atoms with Crippen LogP contribution in [-0.2, 0) is 11.2 Å². The van der Waals surface area contributed by atoms with Gasteiger partial charge < -0.3 is 11.1 Å². The molecule has 2 aromatic carbocycles. The standard InChI is InChI=1S/C16H16BrFN2O/c1-16(15(19)21,10-11-6-8-12(18)9-7-11)20-14-5-3-2-4-13(14)17/h2-9,20H,10H2,1H3,(H2,19,21). The molecule has 2 rings (SSSR count). The van der Waals surface area contributed by atoms with Crippen molar-refractivity contribution in [2.75, 3.05) is 5.32 Å². The Morgan fingerprint density at radius 2 is 1.86 bits per heavy atom. The van der Waals surface area contributed by atoms with Crippen LogP contribution in [0.4, 0.5) is 10.1 Å². The van der Waals surface area contributed by atoms with Gasteiger partial charge in [0.15, 0.2) is 0 Å². The van der Waals surface area contributed by atoms with E-state index in [1.165, 1.54) is 12.1 Å². The van der Waals surface area contributed by atoms with Crippen LogP contribution in [-0.4, -0.2) is 11.4 Å². The lowest BCUT2D eigenvalue weighted by atomic mass is 9.91. The highest BCUT2D eigenvalue weighted by atomic mass is 79.9. The molecule has 1 amide bonds. The molecule has 5 heteroatoms. The maximum atomic E-state index is 13.0. The van der Waals surface area contributed by atoms with E-state index in [2.05, 4.69) is 21.2 Å². The topological polar surface area (TPSA) is 55.1 Å². The summed E-state index contributed by atoms with van der Waals surface area (Å²) in [6.07, 6.45) is 0.365. The molecule has 0 aliphatic rings. The lowest BCUT2D eigenvalue weighted by Gasteiger charge is -2.29. The molecule has 3 nitrogen and oxygen atoms in total. The molecular weight excluding hydrogens is 335 g/mol. The van der Waals surface area contributed by atoms with E-state index < -0.39 is 11.4 Å². The molecule has 0 saturated heterocycles. The third-order valence-corrected chi connectivity index (χ3v) is 3.99. The van der Waals surface area contributed by atoms with Gasteiger partial charge in [-0.15, -0.1) is 0 Å². The van der Waals surface area contributed by atoms with E-state index in [1.54, 1.807) is 19.1 Å². The van der Waals surface area contributed by atoms with Crippen molar-refractivity contribution in [3.63, 3.8) is 0 Å². The maximum Gasteiger partial charge on any atom is 0.243 e. The molecule has 110 valence electrons. The van der Waals surface area contributed by atoms with Gasteiger partial charge in [0.25, 0.3) is 0 Å². The minimum Gasteiger partial charge on any atom is -0.370 e. The summed E-state index contributed by atoms with van der Waals surface area (Å²) in [5.41, 5.74) is 6.19. The lowest BCUT2D eigenvalue weighted by Crippen LogP contribution is -2.49. The molecule has 0 saturated carbocycles. The molecule has 0 spiro atoms. The zero-order chi connectivity index (χ0) is 15.5. The minimum absolute atomic E-state index is 0.307. The number of benzene rings is 2. The second-order valence-electron chi connectivity index (χ2n) is 5.10. The highest BCUT2D eigenvalue weighted by molar-refractivity contribution is 9.10. The molecule has 1 atom stereocenters. The summed E-state index contributed by atoms with van der Waals surface area (Å²) in [6.45, 7) is 1.73. The van der Waals surface area contributed by atoms with Gasteiger partial charge in [-0.05, 0) is 52.7 Å². The summed E-state index contributed by atoms with van der Waals surface area (Å²) >= 11 is 3.43. The molecule has 0 aromatic heterocycles. The van der Waals surface area contributed by atoms with Gasteiger partial charge >= 0.3 is 0 Å². The number of para-hydroxylation sites is 1. The van der Waals surface area contributed by atoms with Gasteiger partial charge in [0, 0.05) is 16.6 Å². The fourth-order valence-corrected chi connectivity index (χ4v) is 2.45. The van der Waals surface area contributed by atoms with Crippen LogP contribution in [0.3, 0.4) is 0 Å². The number of halogens is 2. The lowest BCUT2D eigenvalue weighted by molar-refractivity contribution is -0.121. The van der Waals surface area contributed by atoms with Crippen molar-refractivity contribution < 1.29 is 9.18 Å². The van der Waals surface area contributed by atoms with E-state index in [-0.39, 0.29) is 5.82 Å². The van der Waals surface area contributed by atoms with Crippen LogP contribution in [0.25, 0.3) is 0 Å². The smallest absolute Gasteiger partial charge is 0.243 e. The summed E-state index contributed by atoms with van der Waals surface area (Å²) in [4.78, 5) is 11.9. The molecule has 3 N–H and O–H groups in total. The average Bonchev–Trinajstić information content (AvgIpc) is 2.44. The van der Waals surface area contributed by atoms with Crippen LogP contribution >= 0.6 is 15.9 Å². The summed E-state index contributed by atoms with van der Waals surface area (Å²) in [7, 11) is 0. The van der Waals surface area contributed by atoms with Crippen LogP contribution in [0.2, 0.25) is 0 Å². The van der Waals surface area contributed by atoms with Gasteiger partial charge in [-0.2, -0.15) is 0 Å². The molecule has 1 unspecified atom stereocenters. The Morgan fingerprint density at radius 1 is 1.24 bits per heavy atom. The Balaban J connectivity index is 2.26. The first-order valence-electron chi connectivity index (χ1n) is 6.48. The highest BCUT2D eigenvalue weighted by Gasteiger charge is 2.31. The first kappa shape index (κ1) is 15.5. The van der Waals surface area contributed by atoms with E-state index in [0.29, 0.717) is 6.42 Å². The summed E-state index contributed by atoms with van der Waals surface area (Å²) in [5.74, 6) is -0.777. The minimum atomic E-state index is -0.971. The van der Waals surface area contributed by atoms with E-state index >= 15 is 0 Å². The van der Waals surface area contributed by atoms with Crippen molar-refractivity contribution in [2.24, 2.45) is 5.73 Å². The predicted octanol–water partition coefficient (Wildman–Crippen LogP) is 3.49. The van der Waals surface area contributed by atoms with E-state index in [9.17, 15) is 9.18 Å². The second-order valence-corrected chi connectivity index (χ2v) is 5.96. The Labute approximate surface area is 131 Å². The molecule has 0 radical (unpaired) electrons. The third-order valence-electron chi connectivity index (χ3n) is 3.30.